The van der Waals surface area contributed by atoms with Crippen molar-refractivity contribution >= 4 is 6.09 Å². The van der Waals surface area contributed by atoms with Gasteiger partial charge in [0.25, 0.3) is 0 Å². The summed E-state index contributed by atoms with van der Waals surface area (Å²) in [5.41, 5.74) is 1.25. The van der Waals surface area contributed by atoms with Gasteiger partial charge in [-0.3, -0.25) is 9.80 Å². The van der Waals surface area contributed by atoms with Crippen molar-refractivity contribution in [2.75, 3.05) is 6.61 Å². The summed E-state index contributed by atoms with van der Waals surface area (Å²) in [6.45, 7) is 11.4. The highest BCUT2D eigenvalue weighted by Crippen LogP contribution is 2.40. The van der Waals surface area contributed by atoms with E-state index in [1.165, 1.54) is 4.90 Å². The lowest BCUT2D eigenvalue weighted by Gasteiger charge is -2.48. The molecule has 0 spiro atoms. The number of ether oxygens (including phenoxy) is 1. The Morgan fingerprint density at radius 2 is 1.95 bits per heavy atom. The Kier molecular flexibility index (Phi) is 6.96. The molecule has 0 aliphatic carbocycles. The minimum atomic E-state index is -1.13. The van der Waals surface area contributed by atoms with Crippen LogP contribution in [-0.2, 0) is 31.4 Å². The number of imidazole rings is 1. The molecule has 1 fully saturated rings. The number of fused-ring (bicyclic) bond motifs is 1. The van der Waals surface area contributed by atoms with Gasteiger partial charge in [-0.15, -0.1) is 0 Å². The second-order valence-corrected chi connectivity index (χ2v) is 11.3. The minimum absolute atomic E-state index is 0.0290. The molecule has 2 aliphatic heterocycles. The molecule has 1 saturated heterocycles. The van der Waals surface area contributed by atoms with Crippen LogP contribution in [0, 0.1) is 18.6 Å². The molecule has 210 valence electrons. The predicted molar refractivity (Wildman–Crippen MR) is 139 cm³/mol. The van der Waals surface area contributed by atoms with Gasteiger partial charge >= 0.3 is 6.09 Å². The Balaban J connectivity index is 1.44. The molecule has 10 nitrogen and oxygen atoms in total. The van der Waals surface area contributed by atoms with Gasteiger partial charge in [0.1, 0.15) is 23.6 Å². The Morgan fingerprint density at radius 1 is 1.21 bits per heavy atom. The van der Waals surface area contributed by atoms with Crippen LogP contribution in [0.1, 0.15) is 63.0 Å². The molecule has 1 amide bonds. The third kappa shape index (κ3) is 4.91. The molecule has 1 aromatic carbocycles. The zero-order valence-electron chi connectivity index (χ0n) is 23.1. The van der Waals surface area contributed by atoms with Gasteiger partial charge < -0.3 is 14.4 Å². The molecule has 0 saturated carbocycles. The average Bonchev–Trinajstić information content (AvgIpc) is 3.51. The quantitative estimate of drug-likeness (QED) is 0.513. The maximum Gasteiger partial charge on any atom is 0.408 e. The van der Waals surface area contributed by atoms with Crippen LogP contribution in [0.5, 0.6) is 0 Å². The van der Waals surface area contributed by atoms with Crippen LogP contribution in [-0.4, -0.2) is 69.5 Å². The van der Waals surface area contributed by atoms with Gasteiger partial charge in [-0.1, -0.05) is 0 Å². The molecule has 12 heteroatoms. The largest absolute Gasteiger partial charge is 0.465 e. The number of rotatable bonds is 5. The van der Waals surface area contributed by atoms with E-state index in [-0.39, 0.29) is 18.2 Å². The zero-order chi connectivity index (χ0) is 28.2. The Hall–Kier alpha value is -3.38. The standard InChI is InChI=1S/C27H35F2N7O3/c1-7-35-22-13-34(12-20(22)31-25(35)24-30-15(2)32-33(24)6)17-11-21(36(26(37)38)27(3,4)5)23(39-14-17)18-10-16(28)8-9-19(18)29/h8-10,17,21,23H,7,11-14H2,1-6H3,(H,37,38)/t17-,21+,23-/m1/s1. The first kappa shape index (κ1) is 27.2. The van der Waals surface area contributed by atoms with Crippen LogP contribution in [0.15, 0.2) is 18.2 Å². The Morgan fingerprint density at radius 3 is 2.56 bits per heavy atom. The summed E-state index contributed by atoms with van der Waals surface area (Å²) in [5, 5.41) is 14.6. The molecule has 4 heterocycles. The van der Waals surface area contributed by atoms with E-state index in [4.69, 9.17) is 9.72 Å². The van der Waals surface area contributed by atoms with Crippen molar-refractivity contribution in [3.8, 4) is 11.6 Å². The van der Waals surface area contributed by atoms with Crippen LogP contribution in [0.4, 0.5) is 13.6 Å². The fourth-order valence-electron chi connectivity index (χ4n) is 6.00. The molecule has 1 N–H and O–H groups in total. The number of benzene rings is 1. The van der Waals surface area contributed by atoms with Crippen molar-refractivity contribution in [2.45, 2.75) is 84.4 Å². The van der Waals surface area contributed by atoms with E-state index in [0.717, 1.165) is 35.4 Å². The van der Waals surface area contributed by atoms with Gasteiger partial charge in [-0.25, -0.2) is 28.2 Å². The lowest BCUT2D eigenvalue weighted by molar-refractivity contribution is -0.103. The van der Waals surface area contributed by atoms with Crippen LogP contribution >= 0.6 is 0 Å². The monoisotopic (exact) mass is 543 g/mol. The van der Waals surface area contributed by atoms with E-state index in [2.05, 4.69) is 26.5 Å². The van der Waals surface area contributed by atoms with E-state index in [0.29, 0.717) is 37.7 Å². The summed E-state index contributed by atoms with van der Waals surface area (Å²) in [6, 6.07) is 2.34. The maximum atomic E-state index is 14.9. The van der Waals surface area contributed by atoms with Gasteiger partial charge in [0, 0.05) is 43.8 Å². The molecular formula is C27H35F2N7O3. The first-order valence-corrected chi connectivity index (χ1v) is 13.2. The summed E-state index contributed by atoms with van der Waals surface area (Å²) in [6.07, 6.45) is -1.67. The Labute approximate surface area is 226 Å². The molecule has 0 bridgehead atoms. The van der Waals surface area contributed by atoms with E-state index in [1.807, 2.05) is 14.0 Å². The number of aromatic nitrogens is 5. The average molecular weight is 544 g/mol. The number of carbonyl (C=O) groups is 1. The lowest BCUT2D eigenvalue weighted by atomic mass is 9.88. The van der Waals surface area contributed by atoms with Crippen LogP contribution in [0.3, 0.4) is 0 Å². The van der Waals surface area contributed by atoms with Crippen molar-refractivity contribution < 1.29 is 23.4 Å². The van der Waals surface area contributed by atoms with E-state index < -0.39 is 35.4 Å². The van der Waals surface area contributed by atoms with Gasteiger partial charge in [0.05, 0.1) is 24.0 Å². The topological polar surface area (TPSA) is 102 Å². The van der Waals surface area contributed by atoms with Crippen molar-refractivity contribution in [1.82, 2.24) is 34.1 Å². The summed E-state index contributed by atoms with van der Waals surface area (Å²) >= 11 is 0. The van der Waals surface area contributed by atoms with E-state index in [1.54, 1.807) is 25.5 Å². The highest BCUT2D eigenvalue weighted by atomic mass is 19.1. The molecule has 3 atom stereocenters. The molecular weight excluding hydrogens is 508 g/mol. The molecule has 5 rings (SSSR count). The van der Waals surface area contributed by atoms with Gasteiger partial charge in [0.15, 0.2) is 11.6 Å². The number of nitrogens with zero attached hydrogens (tertiary/aromatic N) is 7. The number of aryl methyl sites for hydroxylation is 2. The van der Waals surface area contributed by atoms with E-state index >= 15 is 0 Å². The van der Waals surface area contributed by atoms with Crippen molar-refractivity contribution in [3.05, 3.63) is 52.6 Å². The fraction of sp³-hybridized carbons (Fsp3) is 0.556. The highest BCUT2D eigenvalue weighted by Gasteiger charge is 2.46. The van der Waals surface area contributed by atoms with E-state index in [9.17, 15) is 18.7 Å². The zero-order valence-corrected chi connectivity index (χ0v) is 23.1. The van der Waals surface area contributed by atoms with Gasteiger partial charge in [-0.05, 0) is 59.2 Å². The molecule has 3 aromatic rings. The third-order valence-corrected chi connectivity index (χ3v) is 7.62. The SMILES string of the molecule is CCn1c(-c2nc(C)nn2C)nc2c1CN([C@H]1CO[C@H](c3cc(F)ccc3F)[C@@H](N(C(=O)O)C(C)(C)C)C1)C2. The number of carboxylic acid groups (broad SMARTS) is 1. The maximum absolute atomic E-state index is 14.9. The smallest absolute Gasteiger partial charge is 0.408 e. The van der Waals surface area contributed by atoms with Crippen LogP contribution in [0.2, 0.25) is 0 Å². The van der Waals surface area contributed by atoms with Gasteiger partial charge in [-0.2, -0.15) is 5.10 Å². The molecule has 0 unspecified atom stereocenters. The Bertz CT molecular complexity index is 1400. The first-order valence-electron chi connectivity index (χ1n) is 13.2. The summed E-state index contributed by atoms with van der Waals surface area (Å²) in [5.74, 6) is 0.940. The predicted octanol–water partition coefficient (Wildman–Crippen LogP) is 4.28. The van der Waals surface area contributed by atoms with Crippen molar-refractivity contribution in [3.63, 3.8) is 0 Å². The lowest BCUT2D eigenvalue weighted by Crippen LogP contribution is -2.58. The highest BCUT2D eigenvalue weighted by molar-refractivity contribution is 5.66. The number of hydrogen-bond acceptors (Lipinski definition) is 6. The fourth-order valence-corrected chi connectivity index (χ4v) is 6.00. The first-order chi connectivity index (χ1) is 18.4. The molecule has 2 aromatic heterocycles. The second-order valence-electron chi connectivity index (χ2n) is 11.3. The molecule has 2 aliphatic rings. The summed E-state index contributed by atoms with van der Waals surface area (Å²) in [4.78, 5) is 25.5. The molecule has 39 heavy (non-hydrogen) atoms. The van der Waals surface area contributed by atoms with Crippen molar-refractivity contribution in [1.29, 1.82) is 0 Å². The van der Waals surface area contributed by atoms with Crippen LogP contribution < -0.4 is 0 Å². The number of halogens is 2. The number of amides is 1. The minimum Gasteiger partial charge on any atom is -0.465 e. The normalized spacial score (nSPS) is 21.8. The molecule has 0 radical (unpaired) electrons. The summed E-state index contributed by atoms with van der Waals surface area (Å²) in [7, 11) is 1.85. The number of hydrogen-bond donors (Lipinski definition) is 1. The second kappa shape index (κ2) is 9.98. The van der Waals surface area contributed by atoms with Gasteiger partial charge in [0.2, 0.25) is 0 Å². The summed E-state index contributed by atoms with van der Waals surface area (Å²) < 4.78 is 39.1. The third-order valence-electron chi connectivity index (χ3n) is 7.62. The van der Waals surface area contributed by atoms with Crippen molar-refractivity contribution in [2.24, 2.45) is 7.05 Å². The van der Waals surface area contributed by atoms with Crippen LogP contribution in [0.25, 0.3) is 11.6 Å².